The highest BCUT2D eigenvalue weighted by Gasteiger charge is 2.13. The number of ether oxygens (including phenoxy) is 1. The van der Waals surface area contributed by atoms with Gasteiger partial charge in [-0.1, -0.05) is 13.8 Å². The van der Waals surface area contributed by atoms with Crippen molar-refractivity contribution in [2.75, 3.05) is 26.2 Å². The van der Waals surface area contributed by atoms with Gasteiger partial charge in [0.25, 0.3) is 0 Å². The fourth-order valence-corrected chi connectivity index (χ4v) is 2.22. The molecule has 2 heterocycles. The van der Waals surface area contributed by atoms with Crippen molar-refractivity contribution in [3.8, 4) is 5.75 Å². The predicted octanol–water partition coefficient (Wildman–Crippen LogP) is 1.57. The third-order valence-electron chi connectivity index (χ3n) is 3.38. The second-order valence-corrected chi connectivity index (χ2v) is 5.25. The molecule has 0 saturated carbocycles. The van der Waals surface area contributed by atoms with E-state index < -0.39 is 0 Å². The summed E-state index contributed by atoms with van der Waals surface area (Å²) >= 11 is 0. The molecule has 19 heavy (non-hydrogen) atoms. The molecular formula is C14H23N3O2. The zero-order valence-electron chi connectivity index (χ0n) is 11.8. The molecule has 0 aliphatic carbocycles. The molecular weight excluding hydrogens is 242 g/mol. The van der Waals surface area contributed by atoms with Crippen LogP contribution in [0.1, 0.15) is 44.1 Å². The summed E-state index contributed by atoms with van der Waals surface area (Å²) in [6.45, 7) is 7.84. The van der Waals surface area contributed by atoms with Crippen LogP contribution in [0, 0.1) is 0 Å². The van der Waals surface area contributed by atoms with Crippen LogP contribution in [-0.4, -0.2) is 46.2 Å². The molecule has 1 fully saturated rings. The fourth-order valence-electron chi connectivity index (χ4n) is 2.22. The zero-order chi connectivity index (χ0) is 13.7. The summed E-state index contributed by atoms with van der Waals surface area (Å²) in [5, 5.41) is 9.35. The molecule has 2 rings (SSSR count). The number of rotatable bonds is 6. The van der Waals surface area contributed by atoms with Gasteiger partial charge in [-0.15, -0.1) is 0 Å². The third-order valence-corrected chi connectivity index (χ3v) is 3.38. The van der Waals surface area contributed by atoms with E-state index in [0.717, 1.165) is 12.4 Å². The number of hydrogen-bond acceptors (Lipinski definition) is 5. The van der Waals surface area contributed by atoms with Crippen LogP contribution >= 0.6 is 0 Å². The Kier molecular flexibility index (Phi) is 5.10. The molecule has 0 radical (unpaired) electrons. The summed E-state index contributed by atoms with van der Waals surface area (Å²) in [7, 11) is 0. The summed E-state index contributed by atoms with van der Waals surface area (Å²) in [5.74, 6) is 1.60. The van der Waals surface area contributed by atoms with Crippen LogP contribution in [0.5, 0.6) is 5.75 Å². The van der Waals surface area contributed by atoms with Gasteiger partial charge in [-0.25, -0.2) is 9.97 Å². The van der Waals surface area contributed by atoms with Gasteiger partial charge < -0.3 is 9.84 Å². The Balaban J connectivity index is 1.91. The van der Waals surface area contributed by atoms with Gasteiger partial charge >= 0.3 is 0 Å². The van der Waals surface area contributed by atoms with Crippen molar-refractivity contribution >= 4 is 0 Å². The number of aromatic nitrogens is 2. The van der Waals surface area contributed by atoms with E-state index in [4.69, 9.17) is 4.74 Å². The maximum absolute atomic E-state index is 9.35. The first-order valence-electron chi connectivity index (χ1n) is 7.02. The lowest BCUT2D eigenvalue weighted by Gasteiger charge is -2.16. The van der Waals surface area contributed by atoms with E-state index in [0.29, 0.717) is 18.1 Å². The molecule has 1 aliphatic rings. The topological polar surface area (TPSA) is 58.5 Å². The smallest absolute Gasteiger partial charge is 0.161 e. The second kappa shape index (κ2) is 6.82. The average molecular weight is 265 g/mol. The van der Waals surface area contributed by atoms with Gasteiger partial charge in [0.15, 0.2) is 5.75 Å². The second-order valence-electron chi connectivity index (χ2n) is 5.25. The van der Waals surface area contributed by atoms with E-state index in [-0.39, 0.29) is 12.5 Å². The molecule has 0 bridgehead atoms. The summed E-state index contributed by atoms with van der Waals surface area (Å²) in [6.07, 6.45) is 4.25. The molecule has 0 unspecified atom stereocenters. The van der Waals surface area contributed by atoms with Crippen molar-refractivity contribution in [3.05, 3.63) is 17.7 Å². The number of hydrogen-bond donors (Lipinski definition) is 1. The Labute approximate surface area is 114 Å². The van der Waals surface area contributed by atoms with E-state index in [1.54, 1.807) is 6.20 Å². The van der Waals surface area contributed by atoms with Gasteiger partial charge in [0.1, 0.15) is 18.1 Å². The molecule has 106 valence electrons. The van der Waals surface area contributed by atoms with E-state index in [1.807, 2.05) is 13.8 Å². The Morgan fingerprint density at radius 2 is 2.11 bits per heavy atom. The lowest BCUT2D eigenvalue weighted by Crippen LogP contribution is -2.25. The minimum Gasteiger partial charge on any atom is -0.489 e. The molecule has 0 aromatic carbocycles. The van der Waals surface area contributed by atoms with Gasteiger partial charge in [-0.05, 0) is 25.9 Å². The van der Waals surface area contributed by atoms with E-state index in [2.05, 4.69) is 14.9 Å². The van der Waals surface area contributed by atoms with E-state index >= 15 is 0 Å². The van der Waals surface area contributed by atoms with Crippen LogP contribution in [-0.2, 0) is 6.61 Å². The Hall–Kier alpha value is -1.20. The minimum atomic E-state index is -0.110. The van der Waals surface area contributed by atoms with E-state index in [9.17, 15) is 5.11 Å². The molecule has 1 N–H and O–H groups in total. The highest BCUT2D eigenvalue weighted by molar-refractivity contribution is 5.24. The standard InChI is InChI=1S/C14H23N3O2/c1-11(2)14-15-9-13(12(10-18)16-14)19-8-7-17-5-3-4-6-17/h9,11,18H,3-8,10H2,1-2H3. The maximum atomic E-state index is 9.35. The van der Waals surface area contributed by atoms with Gasteiger partial charge in [0.2, 0.25) is 0 Å². The monoisotopic (exact) mass is 265 g/mol. The van der Waals surface area contributed by atoms with E-state index in [1.165, 1.54) is 25.9 Å². The SMILES string of the molecule is CC(C)c1ncc(OCCN2CCCC2)c(CO)n1. The molecule has 1 saturated heterocycles. The number of aliphatic hydroxyl groups is 1. The Morgan fingerprint density at radius 1 is 1.37 bits per heavy atom. The minimum absolute atomic E-state index is 0.110. The Morgan fingerprint density at radius 3 is 2.74 bits per heavy atom. The summed E-state index contributed by atoms with van der Waals surface area (Å²) in [6, 6.07) is 0. The summed E-state index contributed by atoms with van der Waals surface area (Å²) < 4.78 is 5.70. The number of aliphatic hydroxyl groups excluding tert-OH is 1. The number of nitrogens with zero attached hydrogens (tertiary/aromatic N) is 3. The van der Waals surface area contributed by atoms with Crippen LogP contribution in [0.4, 0.5) is 0 Å². The van der Waals surface area contributed by atoms with Crippen LogP contribution in [0.3, 0.4) is 0 Å². The van der Waals surface area contributed by atoms with Gasteiger partial charge in [-0.3, -0.25) is 4.90 Å². The van der Waals surface area contributed by atoms with Crippen molar-refractivity contribution < 1.29 is 9.84 Å². The molecule has 0 amide bonds. The molecule has 0 atom stereocenters. The van der Waals surface area contributed by atoms with Gasteiger partial charge in [-0.2, -0.15) is 0 Å². The molecule has 5 heteroatoms. The van der Waals surface area contributed by atoms with Gasteiger partial charge in [0, 0.05) is 12.5 Å². The summed E-state index contributed by atoms with van der Waals surface area (Å²) in [4.78, 5) is 11.0. The van der Waals surface area contributed by atoms with Crippen LogP contribution in [0.25, 0.3) is 0 Å². The largest absolute Gasteiger partial charge is 0.489 e. The zero-order valence-corrected chi connectivity index (χ0v) is 11.8. The first kappa shape index (κ1) is 14.2. The molecule has 1 aromatic heterocycles. The average Bonchev–Trinajstić information content (AvgIpc) is 2.92. The Bertz CT molecular complexity index is 404. The van der Waals surface area contributed by atoms with Crippen LogP contribution in [0.15, 0.2) is 6.20 Å². The molecule has 1 aliphatic heterocycles. The highest BCUT2D eigenvalue weighted by Crippen LogP contribution is 2.18. The van der Waals surface area contributed by atoms with Crippen molar-refractivity contribution in [2.45, 2.75) is 39.2 Å². The lowest BCUT2D eigenvalue weighted by molar-refractivity contribution is 0.223. The normalized spacial score (nSPS) is 16.2. The summed E-state index contributed by atoms with van der Waals surface area (Å²) in [5.41, 5.74) is 0.583. The first-order chi connectivity index (χ1) is 9.20. The van der Waals surface area contributed by atoms with Gasteiger partial charge in [0.05, 0.1) is 12.8 Å². The highest BCUT2D eigenvalue weighted by atomic mass is 16.5. The number of likely N-dealkylation sites (tertiary alicyclic amines) is 1. The lowest BCUT2D eigenvalue weighted by atomic mass is 10.2. The van der Waals surface area contributed by atoms with Crippen molar-refractivity contribution in [1.29, 1.82) is 0 Å². The predicted molar refractivity (Wildman–Crippen MR) is 73.2 cm³/mol. The fraction of sp³-hybridized carbons (Fsp3) is 0.714. The van der Waals surface area contributed by atoms with Crippen molar-refractivity contribution in [2.24, 2.45) is 0 Å². The quantitative estimate of drug-likeness (QED) is 0.846. The maximum Gasteiger partial charge on any atom is 0.161 e. The van der Waals surface area contributed by atoms with Crippen LogP contribution in [0.2, 0.25) is 0 Å². The molecule has 5 nitrogen and oxygen atoms in total. The first-order valence-corrected chi connectivity index (χ1v) is 7.02. The van der Waals surface area contributed by atoms with Crippen LogP contribution < -0.4 is 4.74 Å². The van der Waals surface area contributed by atoms with Crippen molar-refractivity contribution in [1.82, 2.24) is 14.9 Å². The third kappa shape index (κ3) is 3.88. The molecule has 0 spiro atoms. The van der Waals surface area contributed by atoms with Crippen molar-refractivity contribution in [3.63, 3.8) is 0 Å². The molecule has 1 aromatic rings.